The minimum Gasteiger partial charge on any atom is -0.466 e. The first-order valence-corrected chi connectivity index (χ1v) is 9.13. The van der Waals surface area contributed by atoms with E-state index < -0.39 is 35.4 Å². The second-order valence-corrected chi connectivity index (χ2v) is 6.66. The van der Waals surface area contributed by atoms with Crippen LogP contribution in [0, 0.1) is 29.0 Å². The number of carbonyl (C=O) groups excluding carboxylic acids is 2. The first-order valence-electron chi connectivity index (χ1n) is 8.75. The Morgan fingerprint density at radius 1 is 1.18 bits per heavy atom. The molecule has 0 saturated carbocycles. The quantitative estimate of drug-likeness (QED) is 0.689. The lowest BCUT2D eigenvalue weighted by molar-refractivity contribution is -0.148. The largest absolute Gasteiger partial charge is 0.466 e. The monoisotopic (exact) mass is 402 g/mol. The average molecular weight is 403 g/mol. The Balaban J connectivity index is 2.36. The molecule has 2 aromatic carbocycles. The van der Waals surface area contributed by atoms with Crippen molar-refractivity contribution in [2.24, 2.45) is 11.8 Å². The van der Waals surface area contributed by atoms with Gasteiger partial charge in [0, 0.05) is 16.6 Å². The SMILES string of the molecule is CCOC(=O)[C@@H](C)[C@@H](c1ccc(Cl)cc1)[C@H](C#N)C(=O)Nc1ccc(F)cc1. The van der Waals surface area contributed by atoms with E-state index in [9.17, 15) is 19.2 Å². The van der Waals surface area contributed by atoms with Crippen molar-refractivity contribution in [1.29, 1.82) is 5.26 Å². The van der Waals surface area contributed by atoms with E-state index in [0.29, 0.717) is 16.3 Å². The first-order chi connectivity index (χ1) is 13.4. The maximum Gasteiger partial charge on any atom is 0.309 e. The van der Waals surface area contributed by atoms with Crippen molar-refractivity contribution >= 4 is 29.2 Å². The number of rotatable bonds is 7. The molecule has 0 saturated heterocycles. The molecule has 7 heteroatoms. The van der Waals surface area contributed by atoms with Crippen molar-refractivity contribution in [2.45, 2.75) is 19.8 Å². The number of ether oxygens (including phenoxy) is 1. The minimum absolute atomic E-state index is 0.190. The van der Waals surface area contributed by atoms with E-state index in [1.165, 1.54) is 24.3 Å². The predicted octanol–water partition coefficient (Wildman–Crippen LogP) is 4.54. The summed E-state index contributed by atoms with van der Waals surface area (Å²) in [6, 6.07) is 13.8. The molecular formula is C21H20ClFN2O3. The van der Waals surface area contributed by atoms with Crippen LogP contribution in [0.1, 0.15) is 25.3 Å². The lowest BCUT2D eigenvalue weighted by Crippen LogP contribution is -2.34. The molecule has 0 unspecified atom stereocenters. The standard InChI is InChI=1S/C21H20ClFN2O3/c1-3-28-21(27)13(2)19(14-4-6-15(22)7-5-14)18(12-24)20(26)25-17-10-8-16(23)9-11-17/h4-11,13,18-19H,3H2,1-2H3,(H,25,26)/t13-,18-,19-/m0/s1. The van der Waals surface area contributed by atoms with Crippen molar-refractivity contribution in [3.05, 3.63) is 64.9 Å². The van der Waals surface area contributed by atoms with Gasteiger partial charge < -0.3 is 10.1 Å². The Morgan fingerprint density at radius 3 is 2.32 bits per heavy atom. The molecule has 28 heavy (non-hydrogen) atoms. The summed E-state index contributed by atoms with van der Waals surface area (Å²) in [6.45, 7) is 3.49. The van der Waals surface area contributed by atoms with Gasteiger partial charge in [-0.1, -0.05) is 30.7 Å². The van der Waals surface area contributed by atoms with Gasteiger partial charge in [0.25, 0.3) is 0 Å². The Hall–Kier alpha value is -2.91. The lowest BCUT2D eigenvalue weighted by Gasteiger charge is -2.26. The summed E-state index contributed by atoms with van der Waals surface area (Å²) in [5, 5.41) is 12.8. The molecule has 0 heterocycles. The van der Waals surface area contributed by atoms with Gasteiger partial charge in [0.1, 0.15) is 11.7 Å². The topological polar surface area (TPSA) is 79.2 Å². The Kier molecular flexibility index (Phi) is 7.53. The van der Waals surface area contributed by atoms with E-state index >= 15 is 0 Å². The molecule has 1 N–H and O–H groups in total. The van der Waals surface area contributed by atoms with Crippen molar-refractivity contribution < 1.29 is 18.7 Å². The predicted molar refractivity (Wildman–Crippen MR) is 104 cm³/mol. The minimum atomic E-state index is -1.18. The van der Waals surface area contributed by atoms with Crippen LogP contribution in [0.4, 0.5) is 10.1 Å². The fourth-order valence-electron chi connectivity index (χ4n) is 2.93. The number of amides is 1. The zero-order valence-electron chi connectivity index (χ0n) is 15.5. The second-order valence-electron chi connectivity index (χ2n) is 6.22. The lowest BCUT2D eigenvalue weighted by atomic mass is 9.77. The van der Waals surface area contributed by atoms with Gasteiger partial charge in [0.15, 0.2) is 0 Å². The van der Waals surface area contributed by atoms with E-state index in [-0.39, 0.29) is 6.61 Å². The number of benzene rings is 2. The van der Waals surface area contributed by atoms with E-state index in [1.54, 1.807) is 38.1 Å². The molecule has 2 aromatic rings. The van der Waals surface area contributed by atoms with Crippen molar-refractivity contribution in [3.8, 4) is 6.07 Å². The zero-order chi connectivity index (χ0) is 20.7. The van der Waals surface area contributed by atoms with Gasteiger partial charge in [-0.25, -0.2) is 4.39 Å². The normalized spacial score (nSPS) is 13.7. The summed E-state index contributed by atoms with van der Waals surface area (Å²) >= 11 is 5.94. The summed E-state index contributed by atoms with van der Waals surface area (Å²) in [4.78, 5) is 25.1. The van der Waals surface area contributed by atoms with Crippen LogP contribution in [0.3, 0.4) is 0 Å². The number of carbonyl (C=O) groups is 2. The molecule has 0 spiro atoms. The van der Waals surface area contributed by atoms with Gasteiger partial charge in [-0.05, 0) is 48.9 Å². The van der Waals surface area contributed by atoms with Gasteiger partial charge in [-0.2, -0.15) is 5.26 Å². The highest BCUT2D eigenvalue weighted by Gasteiger charge is 2.37. The summed E-state index contributed by atoms with van der Waals surface area (Å²) in [5.74, 6) is -4.20. The third kappa shape index (κ3) is 5.30. The number of nitrogens with one attached hydrogen (secondary N) is 1. The fourth-order valence-corrected chi connectivity index (χ4v) is 3.06. The summed E-state index contributed by atoms with van der Waals surface area (Å²) < 4.78 is 18.2. The van der Waals surface area contributed by atoms with E-state index in [2.05, 4.69) is 5.32 Å². The molecule has 1 amide bonds. The van der Waals surface area contributed by atoms with Crippen LogP contribution in [-0.4, -0.2) is 18.5 Å². The second kappa shape index (κ2) is 9.86. The third-order valence-electron chi connectivity index (χ3n) is 4.34. The summed E-state index contributed by atoms with van der Waals surface area (Å²) in [5.41, 5.74) is 0.969. The van der Waals surface area contributed by atoms with Crippen LogP contribution >= 0.6 is 11.6 Å². The highest BCUT2D eigenvalue weighted by Crippen LogP contribution is 2.34. The number of hydrogen-bond acceptors (Lipinski definition) is 4. The van der Waals surface area contributed by atoms with Crippen LogP contribution in [0.25, 0.3) is 0 Å². The highest BCUT2D eigenvalue weighted by molar-refractivity contribution is 6.30. The molecule has 0 radical (unpaired) electrons. The van der Waals surface area contributed by atoms with Crippen LogP contribution in [0.15, 0.2) is 48.5 Å². The molecular weight excluding hydrogens is 383 g/mol. The number of nitrogens with zero attached hydrogens (tertiary/aromatic N) is 1. The molecule has 2 rings (SSSR count). The van der Waals surface area contributed by atoms with Gasteiger partial charge in [-0.3, -0.25) is 9.59 Å². The van der Waals surface area contributed by atoms with E-state index in [0.717, 1.165) is 0 Å². The van der Waals surface area contributed by atoms with Gasteiger partial charge in [0.2, 0.25) is 5.91 Å². The van der Waals surface area contributed by atoms with Crippen LogP contribution in [0.2, 0.25) is 5.02 Å². The molecule has 0 aromatic heterocycles. The molecule has 0 aliphatic carbocycles. The number of esters is 1. The van der Waals surface area contributed by atoms with Gasteiger partial charge in [-0.15, -0.1) is 0 Å². The molecule has 146 valence electrons. The zero-order valence-corrected chi connectivity index (χ0v) is 16.2. The highest BCUT2D eigenvalue weighted by atomic mass is 35.5. The molecule has 3 atom stereocenters. The van der Waals surface area contributed by atoms with Crippen LogP contribution in [0.5, 0.6) is 0 Å². The third-order valence-corrected chi connectivity index (χ3v) is 4.60. The molecule has 0 aliphatic heterocycles. The van der Waals surface area contributed by atoms with E-state index in [1.807, 2.05) is 6.07 Å². The molecule has 5 nitrogen and oxygen atoms in total. The van der Waals surface area contributed by atoms with Crippen molar-refractivity contribution in [2.75, 3.05) is 11.9 Å². The van der Waals surface area contributed by atoms with Crippen LogP contribution < -0.4 is 5.32 Å². The number of hydrogen-bond donors (Lipinski definition) is 1. The number of anilines is 1. The summed E-state index contributed by atoms with van der Waals surface area (Å²) in [7, 11) is 0. The summed E-state index contributed by atoms with van der Waals surface area (Å²) in [6.07, 6.45) is 0. The Morgan fingerprint density at radius 2 is 1.79 bits per heavy atom. The van der Waals surface area contributed by atoms with Crippen molar-refractivity contribution in [1.82, 2.24) is 0 Å². The average Bonchev–Trinajstić information content (AvgIpc) is 2.68. The molecule has 0 fully saturated rings. The molecule has 0 bridgehead atoms. The number of halogens is 2. The first kappa shape index (κ1) is 21.4. The van der Waals surface area contributed by atoms with Crippen LogP contribution in [-0.2, 0) is 14.3 Å². The smallest absolute Gasteiger partial charge is 0.309 e. The Labute approximate surface area is 168 Å². The van der Waals surface area contributed by atoms with Gasteiger partial charge >= 0.3 is 5.97 Å². The van der Waals surface area contributed by atoms with Gasteiger partial charge in [0.05, 0.1) is 18.6 Å². The van der Waals surface area contributed by atoms with E-state index in [4.69, 9.17) is 16.3 Å². The Bertz CT molecular complexity index is 863. The fraction of sp³-hybridized carbons (Fsp3) is 0.286. The maximum atomic E-state index is 13.1. The molecule has 0 aliphatic rings. The number of nitriles is 1. The van der Waals surface area contributed by atoms with Crippen molar-refractivity contribution in [3.63, 3.8) is 0 Å². The maximum absolute atomic E-state index is 13.1.